The van der Waals surface area contributed by atoms with Crippen molar-refractivity contribution in [3.63, 3.8) is 0 Å². The highest BCUT2D eigenvalue weighted by Gasteiger charge is 2.32. The predicted molar refractivity (Wildman–Crippen MR) is 150 cm³/mol. The number of carbonyl (C=O) groups is 1. The highest BCUT2D eigenvalue weighted by atomic mass is 19.4. The molecule has 4 rings (SSSR count). The highest BCUT2D eigenvalue weighted by Crippen LogP contribution is 2.39. The molecule has 1 aliphatic heterocycles. The lowest BCUT2D eigenvalue weighted by molar-refractivity contribution is -0.141. The second kappa shape index (κ2) is 11.8. The zero-order valence-electron chi connectivity index (χ0n) is 23.2. The molecule has 0 aromatic heterocycles. The monoisotopic (exact) mass is 555 g/mol. The number of carboxylic acids is 1. The van der Waals surface area contributed by atoms with E-state index in [2.05, 4.69) is 5.32 Å². The number of anilines is 2. The molecule has 6 nitrogen and oxygen atoms in total. The molecular formula is C31H36F3N3O3. The molecule has 40 heavy (non-hydrogen) atoms. The van der Waals surface area contributed by atoms with E-state index in [9.17, 15) is 23.1 Å². The van der Waals surface area contributed by atoms with Crippen LogP contribution in [0.3, 0.4) is 0 Å². The van der Waals surface area contributed by atoms with Gasteiger partial charge in [0.15, 0.2) is 5.75 Å². The van der Waals surface area contributed by atoms with Gasteiger partial charge in [0.05, 0.1) is 29.4 Å². The third kappa shape index (κ3) is 6.20. The number of nitrogens with two attached hydrogens (primary N) is 1. The van der Waals surface area contributed by atoms with E-state index >= 15 is 0 Å². The molecule has 4 N–H and O–H groups in total. The first-order valence-corrected chi connectivity index (χ1v) is 13.5. The number of alkyl halides is 3. The van der Waals surface area contributed by atoms with Crippen molar-refractivity contribution in [3.8, 4) is 5.75 Å². The van der Waals surface area contributed by atoms with Crippen LogP contribution in [-0.2, 0) is 23.9 Å². The van der Waals surface area contributed by atoms with Gasteiger partial charge in [-0.25, -0.2) is 0 Å². The molecule has 3 aromatic carbocycles. The van der Waals surface area contributed by atoms with Crippen molar-refractivity contribution in [2.45, 2.75) is 59.2 Å². The van der Waals surface area contributed by atoms with Gasteiger partial charge >= 0.3 is 12.1 Å². The number of nitrogens with one attached hydrogen (secondary N) is 1. The minimum absolute atomic E-state index is 0.398. The summed E-state index contributed by atoms with van der Waals surface area (Å²) in [6, 6.07) is 13.4. The first kappa shape index (κ1) is 29.3. The zero-order valence-corrected chi connectivity index (χ0v) is 23.2. The van der Waals surface area contributed by atoms with Crippen LogP contribution in [0.25, 0.3) is 0 Å². The molecule has 1 aliphatic rings. The number of halogens is 3. The van der Waals surface area contributed by atoms with Crippen LogP contribution >= 0.6 is 0 Å². The van der Waals surface area contributed by atoms with Crippen LogP contribution in [0.5, 0.6) is 5.75 Å². The molecule has 0 fully saturated rings. The Bertz CT molecular complexity index is 1390. The summed E-state index contributed by atoms with van der Waals surface area (Å²) in [7, 11) is 0. The largest absolute Gasteiger partial charge is 0.481 e. The number of hydrogen-bond donors (Lipinski definition) is 3. The average Bonchev–Trinajstić information content (AvgIpc) is 3.10. The number of carboxylic acid groups (broad SMARTS) is 1. The molecule has 0 saturated carbocycles. The minimum Gasteiger partial charge on any atom is -0.481 e. The Hall–Kier alpha value is -3.72. The smallest absolute Gasteiger partial charge is 0.416 e. The van der Waals surface area contributed by atoms with E-state index < -0.39 is 29.5 Å². The molecule has 214 valence electrons. The fraction of sp³-hybridized carbons (Fsp3) is 0.387. The number of rotatable bonds is 8. The molecule has 0 radical (unpaired) electrons. The third-order valence-corrected chi connectivity index (χ3v) is 7.70. The molecule has 0 spiro atoms. The van der Waals surface area contributed by atoms with Crippen LogP contribution in [-0.4, -0.2) is 29.2 Å². The van der Waals surface area contributed by atoms with Gasteiger partial charge in [-0.2, -0.15) is 13.2 Å². The number of hydroxylamine groups is 2. The Kier molecular flexibility index (Phi) is 8.63. The van der Waals surface area contributed by atoms with Crippen LogP contribution in [0.15, 0.2) is 48.5 Å². The summed E-state index contributed by atoms with van der Waals surface area (Å²) in [5.41, 5.74) is 12.2. The molecule has 1 heterocycles. The lowest BCUT2D eigenvalue weighted by Gasteiger charge is -2.27. The van der Waals surface area contributed by atoms with E-state index in [1.165, 1.54) is 6.07 Å². The summed E-state index contributed by atoms with van der Waals surface area (Å²) in [5, 5.41) is 15.0. The number of nitrogen functional groups attached to an aromatic ring is 1. The number of nitrogens with zero attached hydrogens (tertiary/aromatic N) is 1. The fourth-order valence-electron chi connectivity index (χ4n) is 5.33. The van der Waals surface area contributed by atoms with Crippen molar-refractivity contribution in [2.24, 2.45) is 5.92 Å². The topological polar surface area (TPSA) is 87.8 Å². The van der Waals surface area contributed by atoms with Gasteiger partial charge in [-0.15, -0.1) is 5.06 Å². The van der Waals surface area contributed by atoms with Gasteiger partial charge in [-0.05, 0) is 91.3 Å². The van der Waals surface area contributed by atoms with Gasteiger partial charge in [0.25, 0.3) is 0 Å². The quantitative estimate of drug-likeness (QED) is 0.261. The molecule has 2 atom stereocenters. The summed E-state index contributed by atoms with van der Waals surface area (Å²) in [6.07, 6.45) is -3.28. The van der Waals surface area contributed by atoms with Crippen LogP contribution in [0.1, 0.15) is 65.1 Å². The Morgan fingerprint density at radius 1 is 1.15 bits per heavy atom. The lowest BCUT2D eigenvalue weighted by atomic mass is 9.78. The van der Waals surface area contributed by atoms with Gasteiger partial charge in [0.1, 0.15) is 0 Å². The maximum absolute atomic E-state index is 13.2. The molecule has 9 heteroatoms. The molecular weight excluding hydrogens is 519 g/mol. The van der Waals surface area contributed by atoms with Crippen molar-refractivity contribution in [1.29, 1.82) is 0 Å². The molecule has 3 aromatic rings. The van der Waals surface area contributed by atoms with E-state index in [4.69, 9.17) is 10.6 Å². The average molecular weight is 556 g/mol. The molecule has 0 saturated heterocycles. The van der Waals surface area contributed by atoms with Crippen LogP contribution in [0.4, 0.5) is 24.5 Å². The van der Waals surface area contributed by atoms with Gasteiger partial charge in [0, 0.05) is 19.0 Å². The molecule has 0 amide bonds. The number of benzene rings is 3. The molecule has 0 bridgehead atoms. The zero-order chi connectivity index (χ0) is 29.2. The fourth-order valence-corrected chi connectivity index (χ4v) is 5.33. The number of aryl methyl sites for hydroxylation is 2. The SMILES string of the molecule is CCNc1ccc(C(c2ccc(C)c(CN3CCCc4cc(C(F)(F)F)ccc4O3)c2)C(C)C(=O)O)c(C)c1N. The third-order valence-electron chi connectivity index (χ3n) is 7.70. The van der Waals surface area contributed by atoms with Crippen LogP contribution in [0, 0.1) is 19.8 Å². The van der Waals surface area contributed by atoms with Crippen molar-refractivity contribution in [3.05, 3.63) is 87.5 Å². The van der Waals surface area contributed by atoms with E-state index in [0.29, 0.717) is 49.5 Å². The summed E-state index contributed by atoms with van der Waals surface area (Å²) in [4.78, 5) is 18.3. The maximum atomic E-state index is 13.2. The summed E-state index contributed by atoms with van der Waals surface area (Å²) >= 11 is 0. The van der Waals surface area contributed by atoms with E-state index in [1.54, 1.807) is 12.0 Å². The Morgan fingerprint density at radius 2 is 1.90 bits per heavy atom. The number of fused-ring (bicyclic) bond motifs is 1. The first-order valence-electron chi connectivity index (χ1n) is 13.5. The van der Waals surface area contributed by atoms with Crippen molar-refractivity contribution >= 4 is 17.3 Å². The molecule has 0 aliphatic carbocycles. The second-order valence-electron chi connectivity index (χ2n) is 10.4. The van der Waals surface area contributed by atoms with Crippen molar-refractivity contribution < 1.29 is 27.9 Å². The van der Waals surface area contributed by atoms with Crippen LogP contribution < -0.4 is 15.9 Å². The van der Waals surface area contributed by atoms with Gasteiger partial charge < -0.3 is 21.0 Å². The van der Waals surface area contributed by atoms with Crippen molar-refractivity contribution in [1.82, 2.24) is 5.06 Å². The minimum atomic E-state index is -4.40. The summed E-state index contributed by atoms with van der Waals surface area (Å²) < 4.78 is 39.6. The first-order chi connectivity index (χ1) is 18.9. The van der Waals surface area contributed by atoms with Gasteiger partial charge in [-0.1, -0.05) is 31.2 Å². The Labute approximate surface area is 232 Å². The van der Waals surface area contributed by atoms with E-state index in [1.807, 2.05) is 51.1 Å². The van der Waals surface area contributed by atoms with Gasteiger partial charge in [0.2, 0.25) is 0 Å². The normalized spacial score (nSPS) is 15.5. The number of aliphatic carboxylic acids is 1. The number of hydrogen-bond acceptors (Lipinski definition) is 5. The summed E-state index contributed by atoms with van der Waals surface area (Å²) in [6.45, 7) is 9.22. The van der Waals surface area contributed by atoms with Crippen LogP contribution in [0.2, 0.25) is 0 Å². The van der Waals surface area contributed by atoms with E-state index in [0.717, 1.165) is 45.6 Å². The standard InChI is InChI=1S/C31H36F3N3O3/c1-5-36-26-12-11-25(19(3)29(26)35)28(20(4)30(38)39)22-9-8-18(2)23(15-22)17-37-14-6-7-21-16-24(31(32,33)34)10-13-27(21)40-37/h8-13,15-16,20,28,36H,5-7,14,17,35H2,1-4H3,(H,38,39). The Morgan fingerprint density at radius 3 is 2.58 bits per heavy atom. The lowest BCUT2D eigenvalue weighted by Crippen LogP contribution is -2.28. The van der Waals surface area contributed by atoms with Gasteiger partial charge in [-0.3, -0.25) is 4.79 Å². The van der Waals surface area contributed by atoms with E-state index in [-0.39, 0.29) is 0 Å². The molecule has 2 unspecified atom stereocenters. The van der Waals surface area contributed by atoms with Crippen molar-refractivity contribution in [2.75, 3.05) is 24.1 Å². The highest BCUT2D eigenvalue weighted by molar-refractivity contribution is 5.75. The second-order valence-corrected chi connectivity index (χ2v) is 10.4. The maximum Gasteiger partial charge on any atom is 0.416 e. The summed E-state index contributed by atoms with van der Waals surface area (Å²) in [5.74, 6) is -1.65. The predicted octanol–water partition coefficient (Wildman–Crippen LogP) is 6.93. The Balaban J connectivity index is 1.66.